The molecule has 5 nitrogen and oxygen atoms in total. The van der Waals surface area contributed by atoms with Crippen molar-refractivity contribution in [3.8, 4) is 11.5 Å². The lowest BCUT2D eigenvalue weighted by molar-refractivity contribution is -0.0826. The van der Waals surface area contributed by atoms with Gasteiger partial charge in [0.15, 0.2) is 11.5 Å². The molecule has 0 radical (unpaired) electrons. The molecule has 0 saturated heterocycles. The van der Waals surface area contributed by atoms with Crippen LogP contribution in [-0.4, -0.2) is 24.4 Å². The van der Waals surface area contributed by atoms with Gasteiger partial charge in [0, 0.05) is 18.7 Å². The molecular formula is C24H28N2O3. The third kappa shape index (κ3) is 4.95. The van der Waals surface area contributed by atoms with Gasteiger partial charge in [0.05, 0.1) is 6.61 Å². The predicted molar refractivity (Wildman–Crippen MR) is 115 cm³/mol. The standard InChI is InChI=1S/C24H28N2O3/c1-2-28-21-15-9-10-16-22(21)29-24(23(27)17-25,20-13-7-4-8-14-20)26-18-19-11-5-3-6-12-19/h3-16,23,26-27H,2,17-18,25H2,1H3. The van der Waals surface area contributed by atoms with Crippen molar-refractivity contribution < 1.29 is 14.6 Å². The van der Waals surface area contributed by atoms with Gasteiger partial charge in [0.25, 0.3) is 0 Å². The van der Waals surface area contributed by atoms with Crippen LogP contribution >= 0.6 is 0 Å². The Balaban J connectivity index is 2.03. The minimum atomic E-state index is -1.25. The van der Waals surface area contributed by atoms with Crippen molar-refractivity contribution in [1.82, 2.24) is 5.32 Å². The Morgan fingerprint density at radius 3 is 2.10 bits per heavy atom. The topological polar surface area (TPSA) is 76.7 Å². The molecule has 152 valence electrons. The van der Waals surface area contributed by atoms with Gasteiger partial charge in [-0.2, -0.15) is 0 Å². The van der Waals surface area contributed by atoms with E-state index in [0.717, 1.165) is 11.1 Å². The summed E-state index contributed by atoms with van der Waals surface area (Å²) in [7, 11) is 0. The number of aliphatic hydroxyl groups is 1. The molecule has 3 aromatic carbocycles. The molecule has 5 heteroatoms. The van der Waals surface area contributed by atoms with E-state index < -0.39 is 11.8 Å². The van der Waals surface area contributed by atoms with Crippen molar-refractivity contribution in [2.24, 2.45) is 5.73 Å². The lowest BCUT2D eigenvalue weighted by Crippen LogP contribution is -2.58. The number of benzene rings is 3. The Morgan fingerprint density at radius 1 is 0.897 bits per heavy atom. The van der Waals surface area contributed by atoms with Crippen LogP contribution < -0.4 is 20.5 Å². The van der Waals surface area contributed by atoms with Gasteiger partial charge >= 0.3 is 0 Å². The maximum Gasteiger partial charge on any atom is 0.214 e. The molecule has 0 heterocycles. The summed E-state index contributed by atoms with van der Waals surface area (Å²) in [4.78, 5) is 0. The smallest absolute Gasteiger partial charge is 0.214 e. The highest BCUT2D eigenvalue weighted by molar-refractivity contribution is 5.41. The molecule has 4 N–H and O–H groups in total. The zero-order valence-corrected chi connectivity index (χ0v) is 16.6. The normalized spacial score (nSPS) is 14.0. The second-order valence-electron chi connectivity index (χ2n) is 6.67. The van der Waals surface area contributed by atoms with Crippen LogP contribution in [0.25, 0.3) is 0 Å². The first-order valence-electron chi connectivity index (χ1n) is 9.83. The van der Waals surface area contributed by atoms with E-state index in [1.165, 1.54) is 0 Å². The van der Waals surface area contributed by atoms with E-state index in [9.17, 15) is 5.11 Å². The van der Waals surface area contributed by atoms with Crippen molar-refractivity contribution in [3.63, 3.8) is 0 Å². The number of para-hydroxylation sites is 2. The van der Waals surface area contributed by atoms with E-state index in [0.29, 0.717) is 24.7 Å². The van der Waals surface area contributed by atoms with Crippen molar-refractivity contribution in [2.45, 2.75) is 25.3 Å². The van der Waals surface area contributed by atoms with Crippen molar-refractivity contribution >= 4 is 0 Å². The van der Waals surface area contributed by atoms with E-state index >= 15 is 0 Å². The number of ether oxygens (including phenoxy) is 2. The van der Waals surface area contributed by atoms with Crippen LogP contribution in [0.1, 0.15) is 18.1 Å². The lowest BCUT2D eigenvalue weighted by atomic mass is 9.95. The highest BCUT2D eigenvalue weighted by atomic mass is 16.6. The fourth-order valence-corrected chi connectivity index (χ4v) is 3.24. The van der Waals surface area contributed by atoms with E-state index in [1.807, 2.05) is 91.9 Å². The highest BCUT2D eigenvalue weighted by Crippen LogP contribution is 2.35. The summed E-state index contributed by atoms with van der Waals surface area (Å²) in [5, 5.41) is 14.5. The summed E-state index contributed by atoms with van der Waals surface area (Å²) >= 11 is 0. The summed E-state index contributed by atoms with van der Waals surface area (Å²) < 4.78 is 12.2. The average molecular weight is 392 g/mol. The molecule has 0 aliphatic carbocycles. The van der Waals surface area contributed by atoms with Crippen LogP contribution in [0.2, 0.25) is 0 Å². The van der Waals surface area contributed by atoms with Gasteiger partial charge in [-0.15, -0.1) is 0 Å². The summed E-state index contributed by atoms with van der Waals surface area (Å²) in [6.45, 7) is 2.94. The van der Waals surface area contributed by atoms with Crippen molar-refractivity contribution in [3.05, 3.63) is 96.1 Å². The SMILES string of the molecule is CCOc1ccccc1OC(NCc1ccccc1)(c1ccccc1)C(O)CN. The third-order valence-electron chi connectivity index (χ3n) is 4.71. The number of aliphatic hydroxyl groups excluding tert-OH is 1. The number of rotatable bonds is 10. The molecule has 0 spiro atoms. The van der Waals surface area contributed by atoms with E-state index in [-0.39, 0.29) is 6.54 Å². The molecule has 0 fully saturated rings. The number of hydrogen-bond donors (Lipinski definition) is 3. The van der Waals surface area contributed by atoms with Crippen LogP contribution in [0, 0.1) is 0 Å². The Morgan fingerprint density at radius 2 is 1.48 bits per heavy atom. The second kappa shape index (κ2) is 10.1. The molecule has 29 heavy (non-hydrogen) atoms. The first-order valence-corrected chi connectivity index (χ1v) is 9.83. The minimum Gasteiger partial charge on any atom is -0.490 e. The van der Waals surface area contributed by atoms with Crippen LogP contribution in [0.15, 0.2) is 84.9 Å². The van der Waals surface area contributed by atoms with Gasteiger partial charge in [-0.05, 0) is 24.6 Å². The first-order chi connectivity index (χ1) is 14.2. The average Bonchev–Trinajstić information content (AvgIpc) is 2.78. The molecule has 2 atom stereocenters. The summed E-state index contributed by atoms with van der Waals surface area (Å²) in [6.07, 6.45) is -0.997. The molecular weight excluding hydrogens is 364 g/mol. The first kappa shape index (κ1) is 20.9. The number of hydrogen-bond acceptors (Lipinski definition) is 5. The lowest BCUT2D eigenvalue weighted by Gasteiger charge is -2.39. The van der Waals surface area contributed by atoms with Crippen molar-refractivity contribution in [1.29, 1.82) is 0 Å². The second-order valence-corrected chi connectivity index (χ2v) is 6.67. The maximum absolute atomic E-state index is 11.0. The quantitative estimate of drug-likeness (QED) is 0.461. The Bertz CT molecular complexity index is 874. The third-order valence-corrected chi connectivity index (χ3v) is 4.71. The molecule has 3 aromatic rings. The molecule has 0 saturated carbocycles. The van der Waals surface area contributed by atoms with Gasteiger partial charge in [0.2, 0.25) is 5.72 Å². The van der Waals surface area contributed by atoms with Crippen LogP contribution in [0.3, 0.4) is 0 Å². The van der Waals surface area contributed by atoms with Crippen molar-refractivity contribution in [2.75, 3.05) is 13.2 Å². The van der Waals surface area contributed by atoms with Gasteiger partial charge in [-0.3, -0.25) is 5.32 Å². The Kier molecular flexibility index (Phi) is 7.25. The minimum absolute atomic E-state index is 0.0213. The Labute approximate surface area is 172 Å². The zero-order valence-electron chi connectivity index (χ0n) is 16.6. The molecule has 2 unspecified atom stereocenters. The predicted octanol–water partition coefficient (Wildman–Crippen LogP) is 3.43. The van der Waals surface area contributed by atoms with Crippen LogP contribution in [0.5, 0.6) is 11.5 Å². The van der Waals surface area contributed by atoms with E-state index in [1.54, 1.807) is 0 Å². The van der Waals surface area contributed by atoms with E-state index in [2.05, 4.69) is 5.32 Å². The summed E-state index contributed by atoms with van der Waals surface area (Å²) in [5.74, 6) is 1.15. The largest absolute Gasteiger partial charge is 0.490 e. The molecule has 0 aliphatic rings. The monoisotopic (exact) mass is 392 g/mol. The molecule has 0 aromatic heterocycles. The fraction of sp³-hybridized carbons (Fsp3) is 0.250. The molecule has 0 amide bonds. The van der Waals surface area contributed by atoms with Gasteiger partial charge in [0.1, 0.15) is 6.10 Å². The van der Waals surface area contributed by atoms with Crippen LogP contribution in [0.4, 0.5) is 0 Å². The fourth-order valence-electron chi connectivity index (χ4n) is 3.24. The van der Waals surface area contributed by atoms with Crippen LogP contribution in [-0.2, 0) is 12.3 Å². The van der Waals surface area contributed by atoms with Gasteiger partial charge in [-0.25, -0.2) is 0 Å². The number of nitrogens with two attached hydrogens (primary N) is 1. The maximum atomic E-state index is 11.0. The zero-order chi connectivity index (χ0) is 20.5. The summed E-state index contributed by atoms with van der Waals surface area (Å²) in [6, 6.07) is 27.0. The molecule has 0 aliphatic heterocycles. The summed E-state index contributed by atoms with van der Waals surface area (Å²) in [5.41, 5.74) is 6.51. The van der Waals surface area contributed by atoms with E-state index in [4.69, 9.17) is 15.2 Å². The van der Waals surface area contributed by atoms with Gasteiger partial charge in [-0.1, -0.05) is 72.8 Å². The molecule has 0 bridgehead atoms. The van der Waals surface area contributed by atoms with Gasteiger partial charge < -0.3 is 20.3 Å². The molecule has 3 rings (SSSR count). The highest BCUT2D eigenvalue weighted by Gasteiger charge is 2.42. The number of nitrogens with one attached hydrogen (secondary N) is 1. The Hall–Kier alpha value is -2.86.